The lowest BCUT2D eigenvalue weighted by molar-refractivity contribution is -0.168. The van der Waals surface area contributed by atoms with Crippen molar-refractivity contribution in [2.45, 2.75) is 25.9 Å². The molecule has 1 aliphatic rings. The van der Waals surface area contributed by atoms with Gasteiger partial charge in [0.1, 0.15) is 25.1 Å². The minimum absolute atomic E-state index is 0.106. The first-order valence-corrected chi connectivity index (χ1v) is 11.2. The van der Waals surface area contributed by atoms with Gasteiger partial charge in [0, 0.05) is 5.56 Å². The highest BCUT2D eigenvalue weighted by Gasteiger charge is 2.37. The van der Waals surface area contributed by atoms with Crippen LogP contribution in [-0.2, 0) is 16.1 Å². The third-order valence-corrected chi connectivity index (χ3v) is 6.03. The molecular formula is C22H21Cl2NO5S. The Kier molecular flexibility index (Phi) is 8.40. The smallest absolute Gasteiger partial charge is 0.317 e. The number of hydrogen-bond donors (Lipinski definition) is 1. The van der Waals surface area contributed by atoms with E-state index in [0.717, 1.165) is 29.3 Å². The van der Waals surface area contributed by atoms with Crippen LogP contribution in [0, 0.1) is 0 Å². The summed E-state index contributed by atoms with van der Waals surface area (Å²) in [7, 11) is 0. The number of carbonyl (C=O) groups is 2. The lowest BCUT2D eigenvalue weighted by Gasteiger charge is -2.18. The van der Waals surface area contributed by atoms with Crippen LogP contribution in [-0.4, -0.2) is 40.6 Å². The molecule has 1 fully saturated rings. The summed E-state index contributed by atoms with van der Waals surface area (Å²) < 4.78 is 5.68. The largest absolute Gasteiger partial charge is 0.490 e. The molecule has 1 aliphatic heterocycles. The first-order chi connectivity index (χ1) is 14.9. The van der Waals surface area contributed by atoms with Gasteiger partial charge in [-0.3, -0.25) is 14.4 Å². The van der Waals surface area contributed by atoms with Crippen molar-refractivity contribution < 1.29 is 24.3 Å². The number of thioether (sulfide) groups is 1. The minimum atomic E-state index is -1.07. The van der Waals surface area contributed by atoms with Gasteiger partial charge >= 0.3 is 5.24 Å². The van der Waals surface area contributed by atoms with E-state index in [1.807, 2.05) is 37.3 Å². The lowest BCUT2D eigenvalue weighted by Crippen LogP contribution is -2.34. The Bertz CT molecular complexity index is 983. The van der Waals surface area contributed by atoms with Crippen LogP contribution in [0.3, 0.4) is 0 Å². The van der Waals surface area contributed by atoms with E-state index in [4.69, 9.17) is 32.8 Å². The van der Waals surface area contributed by atoms with Crippen LogP contribution in [0.1, 0.15) is 24.5 Å². The summed E-state index contributed by atoms with van der Waals surface area (Å²) >= 11 is 13.1. The average molecular weight is 482 g/mol. The molecule has 3 rings (SSSR count). The highest BCUT2D eigenvalue weighted by atomic mass is 35.5. The van der Waals surface area contributed by atoms with Crippen molar-refractivity contribution in [1.29, 1.82) is 0 Å². The number of benzene rings is 2. The second kappa shape index (κ2) is 11.0. The normalized spacial score (nSPS) is 16.3. The Morgan fingerprint density at radius 3 is 2.58 bits per heavy atom. The van der Waals surface area contributed by atoms with E-state index in [1.54, 1.807) is 18.2 Å². The molecule has 6 nitrogen and oxygen atoms in total. The van der Waals surface area contributed by atoms with Crippen molar-refractivity contribution in [3.8, 4) is 5.75 Å². The van der Waals surface area contributed by atoms with Gasteiger partial charge in [-0.25, -0.2) is 0 Å². The van der Waals surface area contributed by atoms with Crippen LogP contribution in [0.5, 0.6) is 5.75 Å². The summed E-state index contributed by atoms with van der Waals surface area (Å²) in [5, 5.41) is 11.2. The van der Waals surface area contributed by atoms with Gasteiger partial charge in [-0.2, -0.15) is 0 Å². The third-order valence-electron chi connectivity index (χ3n) is 4.34. The zero-order valence-electron chi connectivity index (χ0n) is 16.7. The molecule has 1 heterocycles. The summed E-state index contributed by atoms with van der Waals surface area (Å²) in [5.41, 5.74) is 1.56. The SMILES string of the molecule is CCCc1c(OC[C@H](O)CON2C(=O)SC(=Cc3ccccc3)C2=O)ccc(Cl)c1Cl. The molecule has 1 atom stereocenters. The number of imide groups is 1. The zero-order chi connectivity index (χ0) is 22.4. The number of hydrogen-bond acceptors (Lipinski definition) is 6. The molecule has 0 unspecified atom stereocenters. The Morgan fingerprint density at radius 1 is 1.13 bits per heavy atom. The highest BCUT2D eigenvalue weighted by molar-refractivity contribution is 8.18. The maximum Gasteiger partial charge on any atom is 0.317 e. The van der Waals surface area contributed by atoms with Crippen molar-refractivity contribution in [2.24, 2.45) is 0 Å². The Labute approximate surface area is 194 Å². The molecule has 0 bridgehead atoms. The molecule has 2 aromatic rings. The van der Waals surface area contributed by atoms with Crippen molar-refractivity contribution in [3.63, 3.8) is 0 Å². The van der Waals surface area contributed by atoms with Crippen LogP contribution < -0.4 is 4.74 Å². The van der Waals surface area contributed by atoms with E-state index >= 15 is 0 Å². The van der Waals surface area contributed by atoms with E-state index in [9.17, 15) is 14.7 Å². The van der Waals surface area contributed by atoms with E-state index in [1.165, 1.54) is 0 Å². The molecule has 1 N–H and O–H groups in total. The Hall–Kier alpha value is -2.03. The average Bonchev–Trinajstić information content (AvgIpc) is 3.02. The summed E-state index contributed by atoms with van der Waals surface area (Å²) in [6.07, 6.45) is 2.06. The molecule has 31 heavy (non-hydrogen) atoms. The number of hydroxylamine groups is 2. The van der Waals surface area contributed by atoms with Crippen molar-refractivity contribution in [1.82, 2.24) is 5.06 Å². The molecule has 2 aromatic carbocycles. The lowest BCUT2D eigenvalue weighted by atomic mass is 10.1. The Balaban J connectivity index is 1.56. The van der Waals surface area contributed by atoms with Crippen LogP contribution in [0.15, 0.2) is 47.4 Å². The number of carbonyl (C=O) groups excluding carboxylic acids is 2. The standard InChI is InChI=1S/C22H21Cl2NO5S/c1-2-6-16-18(10-9-17(23)20(16)24)29-12-15(26)13-30-25-21(27)19(31-22(25)28)11-14-7-4-3-5-8-14/h3-5,7-11,15,26H,2,6,12-13H2,1H3/t15-/m0/s1. The molecule has 2 amide bonds. The van der Waals surface area contributed by atoms with Gasteiger partial charge < -0.3 is 9.84 Å². The number of rotatable bonds is 9. The van der Waals surface area contributed by atoms with Crippen LogP contribution >= 0.6 is 35.0 Å². The first-order valence-electron chi connectivity index (χ1n) is 9.64. The van der Waals surface area contributed by atoms with Crippen molar-refractivity contribution in [3.05, 3.63) is 68.5 Å². The molecule has 0 radical (unpaired) electrons. The van der Waals surface area contributed by atoms with Crippen LogP contribution in [0.2, 0.25) is 10.0 Å². The van der Waals surface area contributed by atoms with Crippen molar-refractivity contribution >= 4 is 52.2 Å². The molecule has 1 saturated heterocycles. The van der Waals surface area contributed by atoms with Gasteiger partial charge in [-0.15, -0.1) is 5.06 Å². The predicted octanol–water partition coefficient (Wildman–Crippen LogP) is 5.35. The summed E-state index contributed by atoms with van der Waals surface area (Å²) in [5.74, 6) is -0.0473. The topological polar surface area (TPSA) is 76.1 Å². The van der Waals surface area contributed by atoms with Crippen LogP contribution in [0.4, 0.5) is 4.79 Å². The predicted molar refractivity (Wildman–Crippen MR) is 122 cm³/mol. The van der Waals surface area contributed by atoms with Gasteiger partial charge in [0.15, 0.2) is 0 Å². The van der Waals surface area contributed by atoms with Crippen molar-refractivity contribution in [2.75, 3.05) is 13.2 Å². The fraction of sp³-hybridized carbons (Fsp3) is 0.273. The number of aliphatic hydroxyl groups excluding tert-OH is 1. The second-order valence-electron chi connectivity index (χ2n) is 6.74. The molecule has 9 heteroatoms. The maximum atomic E-state index is 12.4. The quantitative estimate of drug-likeness (QED) is 0.486. The fourth-order valence-corrected chi connectivity index (χ4v) is 4.05. The maximum absolute atomic E-state index is 12.4. The summed E-state index contributed by atoms with van der Waals surface area (Å²) in [4.78, 5) is 30.1. The molecule has 0 saturated carbocycles. The highest BCUT2D eigenvalue weighted by Crippen LogP contribution is 2.34. The van der Waals surface area contributed by atoms with Gasteiger partial charge in [-0.1, -0.05) is 66.9 Å². The van der Waals surface area contributed by atoms with E-state index < -0.39 is 17.3 Å². The number of halogens is 2. The zero-order valence-corrected chi connectivity index (χ0v) is 19.0. The molecule has 0 spiro atoms. The third kappa shape index (κ3) is 6.02. The number of ether oxygens (including phenoxy) is 1. The number of aliphatic hydroxyl groups is 1. The fourth-order valence-electron chi connectivity index (χ4n) is 2.85. The minimum Gasteiger partial charge on any atom is -0.490 e. The van der Waals surface area contributed by atoms with Gasteiger partial charge in [0.25, 0.3) is 5.91 Å². The molecule has 0 aromatic heterocycles. The Morgan fingerprint density at radius 2 is 1.87 bits per heavy atom. The number of nitrogens with zero attached hydrogens (tertiary/aromatic N) is 1. The van der Waals surface area contributed by atoms with Gasteiger partial charge in [0.2, 0.25) is 0 Å². The summed E-state index contributed by atoms with van der Waals surface area (Å²) in [6, 6.07) is 12.5. The second-order valence-corrected chi connectivity index (χ2v) is 8.51. The molecule has 164 valence electrons. The van der Waals surface area contributed by atoms with Gasteiger partial charge in [-0.05, 0) is 42.0 Å². The first kappa shape index (κ1) is 23.6. The van der Waals surface area contributed by atoms with E-state index in [0.29, 0.717) is 27.3 Å². The number of amides is 2. The monoisotopic (exact) mass is 481 g/mol. The van der Waals surface area contributed by atoms with E-state index in [2.05, 4.69) is 0 Å². The van der Waals surface area contributed by atoms with Crippen LogP contribution in [0.25, 0.3) is 6.08 Å². The van der Waals surface area contributed by atoms with E-state index in [-0.39, 0.29) is 18.1 Å². The van der Waals surface area contributed by atoms with Gasteiger partial charge in [0.05, 0.1) is 15.0 Å². The molecule has 0 aliphatic carbocycles. The summed E-state index contributed by atoms with van der Waals surface area (Å²) in [6.45, 7) is 1.61. The molecular weight excluding hydrogens is 461 g/mol.